The number of hydrogen-bond donors (Lipinski definition) is 1. The van der Waals surface area contributed by atoms with Gasteiger partial charge in [0, 0.05) is 34.3 Å². The summed E-state index contributed by atoms with van der Waals surface area (Å²) in [6, 6.07) is 12.1. The van der Waals surface area contributed by atoms with Crippen molar-refractivity contribution >= 4 is 28.9 Å². The van der Waals surface area contributed by atoms with E-state index in [9.17, 15) is 10.1 Å². The number of nitrogens with one attached hydrogen (secondary N) is 1. The van der Waals surface area contributed by atoms with Crippen molar-refractivity contribution in [3.05, 3.63) is 73.8 Å². The third-order valence-electron chi connectivity index (χ3n) is 3.19. The summed E-state index contributed by atoms with van der Waals surface area (Å²) in [5.41, 5.74) is 1.64. The SMILES string of the molecule is C[C@H](NCc1cc(Cl)ccc1[N+](=O)[O-])c1cccc(Cl)c1. The molecular formula is C15H14Cl2N2O2. The molecule has 0 saturated heterocycles. The van der Waals surface area contributed by atoms with Crippen LogP contribution in [0.2, 0.25) is 10.0 Å². The molecule has 0 heterocycles. The fourth-order valence-corrected chi connectivity index (χ4v) is 2.42. The molecule has 110 valence electrons. The van der Waals surface area contributed by atoms with Gasteiger partial charge in [0.1, 0.15) is 0 Å². The lowest BCUT2D eigenvalue weighted by atomic mass is 10.1. The molecule has 0 fully saturated rings. The van der Waals surface area contributed by atoms with Crippen molar-refractivity contribution in [1.82, 2.24) is 5.32 Å². The molecule has 0 aliphatic heterocycles. The van der Waals surface area contributed by atoms with Crippen LogP contribution < -0.4 is 5.32 Å². The molecule has 2 aromatic rings. The highest BCUT2D eigenvalue weighted by Gasteiger charge is 2.15. The average Bonchev–Trinajstić information content (AvgIpc) is 2.44. The standard InChI is InChI=1S/C15H14Cl2N2O2/c1-10(11-3-2-4-13(16)7-11)18-9-12-8-14(17)5-6-15(12)19(20)21/h2-8,10,18H,9H2,1H3/t10-/m0/s1. The number of benzene rings is 2. The molecule has 0 saturated carbocycles. The third kappa shape index (κ3) is 4.17. The summed E-state index contributed by atoms with van der Waals surface area (Å²) in [5, 5.41) is 15.4. The zero-order chi connectivity index (χ0) is 15.4. The van der Waals surface area contributed by atoms with Crippen molar-refractivity contribution < 1.29 is 4.92 Å². The maximum absolute atomic E-state index is 11.0. The second-order valence-corrected chi connectivity index (χ2v) is 5.56. The third-order valence-corrected chi connectivity index (χ3v) is 3.66. The van der Waals surface area contributed by atoms with Gasteiger partial charge >= 0.3 is 0 Å². The molecule has 0 amide bonds. The Balaban J connectivity index is 2.12. The summed E-state index contributed by atoms with van der Waals surface area (Å²) in [4.78, 5) is 10.6. The Bertz CT molecular complexity index is 662. The molecular weight excluding hydrogens is 311 g/mol. The van der Waals surface area contributed by atoms with Crippen LogP contribution in [0.15, 0.2) is 42.5 Å². The minimum atomic E-state index is -0.405. The van der Waals surface area contributed by atoms with Crippen LogP contribution in [0.1, 0.15) is 24.1 Å². The van der Waals surface area contributed by atoms with E-state index in [1.54, 1.807) is 12.1 Å². The van der Waals surface area contributed by atoms with Crippen molar-refractivity contribution in [1.29, 1.82) is 0 Å². The van der Waals surface area contributed by atoms with Crippen LogP contribution in [0.5, 0.6) is 0 Å². The van der Waals surface area contributed by atoms with Crippen molar-refractivity contribution in [2.75, 3.05) is 0 Å². The molecule has 6 heteroatoms. The highest BCUT2D eigenvalue weighted by Crippen LogP contribution is 2.24. The maximum Gasteiger partial charge on any atom is 0.273 e. The largest absolute Gasteiger partial charge is 0.306 e. The van der Waals surface area contributed by atoms with E-state index in [2.05, 4.69) is 5.32 Å². The molecule has 0 spiro atoms. The Hall–Kier alpha value is -1.62. The summed E-state index contributed by atoms with van der Waals surface area (Å²) in [6.45, 7) is 2.33. The zero-order valence-corrected chi connectivity index (χ0v) is 12.9. The molecule has 0 aliphatic carbocycles. The molecule has 2 rings (SSSR count). The van der Waals surface area contributed by atoms with Gasteiger partial charge in [-0.3, -0.25) is 10.1 Å². The smallest absolute Gasteiger partial charge is 0.273 e. The van der Waals surface area contributed by atoms with Gasteiger partial charge in [-0.05, 0) is 36.8 Å². The highest BCUT2D eigenvalue weighted by molar-refractivity contribution is 6.31. The molecule has 0 radical (unpaired) electrons. The van der Waals surface area contributed by atoms with Crippen LogP contribution in [0.4, 0.5) is 5.69 Å². The first-order chi connectivity index (χ1) is 9.97. The Morgan fingerprint density at radius 1 is 1.19 bits per heavy atom. The van der Waals surface area contributed by atoms with Gasteiger partial charge in [0.2, 0.25) is 0 Å². The van der Waals surface area contributed by atoms with Crippen LogP contribution >= 0.6 is 23.2 Å². The van der Waals surface area contributed by atoms with Crippen LogP contribution in [0.25, 0.3) is 0 Å². The Morgan fingerprint density at radius 2 is 1.90 bits per heavy atom. The monoisotopic (exact) mass is 324 g/mol. The average molecular weight is 325 g/mol. The maximum atomic E-state index is 11.0. The van der Waals surface area contributed by atoms with E-state index in [1.165, 1.54) is 12.1 Å². The lowest BCUT2D eigenvalue weighted by molar-refractivity contribution is -0.385. The molecule has 1 N–H and O–H groups in total. The van der Waals surface area contributed by atoms with Gasteiger partial charge in [-0.2, -0.15) is 0 Å². The first-order valence-corrected chi connectivity index (χ1v) is 7.14. The number of nitro groups is 1. The normalized spacial score (nSPS) is 12.1. The molecule has 0 aliphatic rings. The second-order valence-electron chi connectivity index (χ2n) is 4.69. The number of nitro benzene ring substituents is 1. The fourth-order valence-electron chi connectivity index (χ4n) is 2.03. The summed E-state index contributed by atoms with van der Waals surface area (Å²) >= 11 is 11.9. The fraction of sp³-hybridized carbons (Fsp3) is 0.200. The number of rotatable bonds is 5. The minimum absolute atomic E-state index is 0.0160. The summed E-state index contributed by atoms with van der Waals surface area (Å²) in [5.74, 6) is 0. The molecule has 0 bridgehead atoms. The molecule has 0 unspecified atom stereocenters. The molecule has 0 aromatic heterocycles. The van der Waals surface area contributed by atoms with Crippen molar-refractivity contribution in [2.45, 2.75) is 19.5 Å². The van der Waals surface area contributed by atoms with Gasteiger partial charge in [0.05, 0.1) is 4.92 Å². The molecule has 1 atom stereocenters. The van der Waals surface area contributed by atoms with Gasteiger partial charge in [-0.15, -0.1) is 0 Å². The zero-order valence-electron chi connectivity index (χ0n) is 11.3. The topological polar surface area (TPSA) is 55.2 Å². The Morgan fingerprint density at radius 3 is 2.57 bits per heavy atom. The van der Waals surface area contributed by atoms with E-state index in [0.29, 0.717) is 22.2 Å². The summed E-state index contributed by atoms with van der Waals surface area (Å²) < 4.78 is 0. The molecule has 4 nitrogen and oxygen atoms in total. The lowest BCUT2D eigenvalue weighted by Gasteiger charge is -2.14. The van der Waals surface area contributed by atoms with Gasteiger partial charge in [0.25, 0.3) is 5.69 Å². The number of halogens is 2. The summed E-state index contributed by atoms with van der Waals surface area (Å²) in [7, 11) is 0. The van der Waals surface area contributed by atoms with Crippen molar-refractivity contribution in [3.8, 4) is 0 Å². The van der Waals surface area contributed by atoms with E-state index in [-0.39, 0.29) is 11.7 Å². The van der Waals surface area contributed by atoms with Crippen LogP contribution in [0, 0.1) is 10.1 Å². The van der Waals surface area contributed by atoms with Gasteiger partial charge in [0.15, 0.2) is 0 Å². The predicted molar refractivity (Wildman–Crippen MR) is 84.8 cm³/mol. The van der Waals surface area contributed by atoms with E-state index in [1.807, 2.05) is 25.1 Å². The first-order valence-electron chi connectivity index (χ1n) is 6.39. The van der Waals surface area contributed by atoms with E-state index in [0.717, 1.165) is 5.56 Å². The quantitative estimate of drug-likeness (QED) is 0.637. The predicted octanol–water partition coefficient (Wildman–Crippen LogP) is 4.75. The van der Waals surface area contributed by atoms with E-state index >= 15 is 0 Å². The first kappa shape index (κ1) is 15.8. The van der Waals surface area contributed by atoms with Crippen LogP contribution in [-0.2, 0) is 6.54 Å². The highest BCUT2D eigenvalue weighted by atomic mass is 35.5. The van der Waals surface area contributed by atoms with Crippen LogP contribution in [-0.4, -0.2) is 4.92 Å². The minimum Gasteiger partial charge on any atom is -0.306 e. The number of hydrogen-bond acceptors (Lipinski definition) is 3. The van der Waals surface area contributed by atoms with E-state index < -0.39 is 4.92 Å². The summed E-state index contributed by atoms with van der Waals surface area (Å²) in [6.07, 6.45) is 0. The Labute approximate surface area is 132 Å². The van der Waals surface area contributed by atoms with Gasteiger partial charge < -0.3 is 5.32 Å². The molecule has 21 heavy (non-hydrogen) atoms. The number of nitrogens with zero attached hydrogens (tertiary/aromatic N) is 1. The van der Waals surface area contributed by atoms with Crippen molar-refractivity contribution in [2.24, 2.45) is 0 Å². The molecule has 2 aromatic carbocycles. The lowest BCUT2D eigenvalue weighted by Crippen LogP contribution is -2.18. The van der Waals surface area contributed by atoms with Gasteiger partial charge in [-0.25, -0.2) is 0 Å². The van der Waals surface area contributed by atoms with Gasteiger partial charge in [-0.1, -0.05) is 35.3 Å². The Kier molecular flexibility index (Phi) is 5.17. The van der Waals surface area contributed by atoms with Crippen molar-refractivity contribution in [3.63, 3.8) is 0 Å². The second kappa shape index (κ2) is 6.89. The van der Waals surface area contributed by atoms with Crippen LogP contribution in [0.3, 0.4) is 0 Å². The van der Waals surface area contributed by atoms with E-state index in [4.69, 9.17) is 23.2 Å².